The van der Waals surface area contributed by atoms with Crippen molar-refractivity contribution in [2.75, 3.05) is 0 Å². The van der Waals surface area contributed by atoms with Crippen LogP contribution in [-0.4, -0.2) is 44.7 Å². The minimum atomic E-state index is -1.02. The number of aliphatic hydroxyl groups is 3. The molecule has 1 saturated carbocycles. The van der Waals surface area contributed by atoms with Crippen LogP contribution in [0.4, 0.5) is 8.78 Å². The molecule has 0 heterocycles. The number of benzene rings is 1. The monoisotopic (exact) mass is 424 g/mol. The molecule has 0 spiro atoms. The average molecular weight is 424 g/mol. The molecule has 0 amide bonds. The molecule has 1 aromatic rings. The zero-order valence-electron chi connectivity index (χ0n) is 16.9. The van der Waals surface area contributed by atoms with E-state index in [2.05, 4.69) is 11.8 Å². The Labute approximate surface area is 175 Å². The third-order valence-corrected chi connectivity index (χ3v) is 5.78. The molecule has 2 rings (SSSR count). The Morgan fingerprint density at radius 2 is 1.73 bits per heavy atom. The van der Waals surface area contributed by atoms with E-state index in [1.165, 1.54) is 6.07 Å². The minimum Gasteiger partial charge on any atom is -0.481 e. The highest BCUT2D eigenvalue weighted by molar-refractivity contribution is 5.66. The summed E-state index contributed by atoms with van der Waals surface area (Å²) in [6, 6.07) is 3.05. The maximum Gasteiger partial charge on any atom is 0.303 e. The molecule has 1 aromatic carbocycles. The summed E-state index contributed by atoms with van der Waals surface area (Å²) in [5.41, 5.74) is 0.00699. The summed E-state index contributed by atoms with van der Waals surface area (Å²) in [6.45, 7) is 0. The Kier molecular flexibility index (Phi) is 9.70. The third-order valence-electron chi connectivity index (χ3n) is 5.78. The summed E-state index contributed by atoms with van der Waals surface area (Å²) in [4.78, 5) is 10.5. The molecule has 1 aliphatic carbocycles. The van der Waals surface area contributed by atoms with Crippen LogP contribution in [0.5, 0.6) is 0 Å². The highest BCUT2D eigenvalue weighted by Crippen LogP contribution is 2.39. The van der Waals surface area contributed by atoms with Crippen LogP contribution < -0.4 is 0 Å². The zero-order valence-corrected chi connectivity index (χ0v) is 16.9. The Balaban J connectivity index is 1.81. The fourth-order valence-electron chi connectivity index (χ4n) is 4.16. The molecule has 0 aromatic heterocycles. The van der Waals surface area contributed by atoms with Crippen molar-refractivity contribution in [3.63, 3.8) is 0 Å². The van der Waals surface area contributed by atoms with E-state index in [9.17, 15) is 28.9 Å². The van der Waals surface area contributed by atoms with Crippen LogP contribution in [-0.2, 0) is 4.79 Å². The molecule has 1 fully saturated rings. The van der Waals surface area contributed by atoms with Crippen LogP contribution in [0.3, 0.4) is 0 Å². The molecule has 5 atom stereocenters. The third kappa shape index (κ3) is 7.67. The van der Waals surface area contributed by atoms with Crippen molar-refractivity contribution in [1.29, 1.82) is 0 Å². The van der Waals surface area contributed by atoms with Gasteiger partial charge in [-0.1, -0.05) is 31.1 Å². The first-order valence-electron chi connectivity index (χ1n) is 10.5. The van der Waals surface area contributed by atoms with Gasteiger partial charge in [0.05, 0.1) is 17.8 Å². The Morgan fingerprint density at radius 1 is 1.07 bits per heavy atom. The standard InChI is InChI=1S/C23H30F2O5/c24-16-9-7-15(20(25)13-16)8-10-17(26)11-12-19-18(21(27)14-22(19)28)5-3-1-2-4-6-23(29)30/h7,9,13,17-19,21-22,26-28H,1-6,11-12,14H2,(H,29,30). The fourth-order valence-corrected chi connectivity index (χ4v) is 4.16. The van der Waals surface area contributed by atoms with Gasteiger partial charge in [-0.2, -0.15) is 0 Å². The first-order chi connectivity index (χ1) is 14.3. The molecule has 1 aliphatic rings. The van der Waals surface area contributed by atoms with Crippen LogP contribution >= 0.6 is 0 Å². The van der Waals surface area contributed by atoms with Crippen molar-refractivity contribution in [1.82, 2.24) is 0 Å². The topological polar surface area (TPSA) is 98.0 Å². The molecular weight excluding hydrogens is 394 g/mol. The number of carboxylic acid groups (broad SMARTS) is 1. The van der Waals surface area contributed by atoms with Crippen molar-refractivity contribution in [2.45, 2.75) is 76.1 Å². The number of rotatable bonds is 10. The number of hydrogen-bond acceptors (Lipinski definition) is 4. The van der Waals surface area contributed by atoms with Crippen molar-refractivity contribution in [2.24, 2.45) is 11.8 Å². The number of unbranched alkanes of at least 4 members (excludes halogenated alkanes) is 3. The largest absolute Gasteiger partial charge is 0.481 e. The average Bonchev–Trinajstić information content (AvgIpc) is 2.94. The smallest absolute Gasteiger partial charge is 0.303 e. The highest BCUT2D eigenvalue weighted by atomic mass is 19.1. The van der Waals surface area contributed by atoms with Crippen molar-refractivity contribution < 1.29 is 34.0 Å². The number of carbonyl (C=O) groups is 1. The van der Waals surface area contributed by atoms with Gasteiger partial charge in [-0.15, -0.1) is 0 Å². The van der Waals surface area contributed by atoms with Crippen LogP contribution in [0.25, 0.3) is 0 Å². The van der Waals surface area contributed by atoms with Gasteiger partial charge in [-0.05, 0) is 56.1 Å². The molecular formula is C23H30F2O5. The van der Waals surface area contributed by atoms with E-state index >= 15 is 0 Å². The maximum atomic E-state index is 13.6. The summed E-state index contributed by atoms with van der Waals surface area (Å²) in [6.07, 6.45) is 2.85. The summed E-state index contributed by atoms with van der Waals surface area (Å²) < 4.78 is 26.5. The first-order valence-corrected chi connectivity index (χ1v) is 10.5. The van der Waals surface area contributed by atoms with E-state index in [1.807, 2.05) is 0 Å². The van der Waals surface area contributed by atoms with Gasteiger partial charge in [-0.3, -0.25) is 4.79 Å². The lowest BCUT2D eigenvalue weighted by Crippen LogP contribution is -2.23. The molecule has 0 radical (unpaired) electrons. The molecule has 5 unspecified atom stereocenters. The zero-order chi connectivity index (χ0) is 22.1. The minimum absolute atomic E-state index is 0.00699. The Morgan fingerprint density at radius 3 is 2.40 bits per heavy atom. The lowest BCUT2D eigenvalue weighted by Gasteiger charge is -2.24. The van der Waals surface area contributed by atoms with E-state index in [0.29, 0.717) is 19.3 Å². The molecule has 0 saturated heterocycles. The predicted octanol–water partition coefficient (Wildman–Crippen LogP) is 3.24. The lowest BCUT2D eigenvalue weighted by atomic mass is 9.85. The van der Waals surface area contributed by atoms with E-state index < -0.39 is 35.9 Å². The van der Waals surface area contributed by atoms with Crippen molar-refractivity contribution in [3.8, 4) is 11.8 Å². The fraction of sp³-hybridized carbons (Fsp3) is 0.609. The number of hydrogen-bond donors (Lipinski definition) is 4. The van der Waals surface area contributed by atoms with Gasteiger partial charge in [0.15, 0.2) is 0 Å². The SMILES string of the molecule is O=C(O)CCCCCCC1C(O)CC(O)C1CCC(O)C#Cc1ccc(F)cc1F. The normalized spacial score (nSPS) is 24.3. The van der Waals surface area contributed by atoms with Gasteiger partial charge >= 0.3 is 5.97 Å². The molecule has 7 heteroatoms. The second kappa shape index (κ2) is 12.0. The van der Waals surface area contributed by atoms with Crippen LogP contribution in [0, 0.1) is 35.3 Å². The summed E-state index contributed by atoms with van der Waals surface area (Å²) in [5, 5.41) is 39.3. The Hall–Kier alpha value is -2.01. The highest BCUT2D eigenvalue weighted by Gasteiger charge is 2.40. The van der Waals surface area contributed by atoms with Crippen LogP contribution in [0.1, 0.15) is 63.4 Å². The number of aliphatic carboxylic acids is 1. The van der Waals surface area contributed by atoms with E-state index in [4.69, 9.17) is 5.11 Å². The van der Waals surface area contributed by atoms with Crippen molar-refractivity contribution in [3.05, 3.63) is 35.4 Å². The van der Waals surface area contributed by atoms with E-state index in [-0.39, 0.29) is 30.2 Å². The number of aliphatic hydroxyl groups excluding tert-OH is 3. The molecule has 0 bridgehead atoms. The molecule has 30 heavy (non-hydrogen) atoms. The second-order valence-electron chi connectivity index (χ2n) is 8.03. The first kappa shape index (κ1) is 24.3. The Bertz CT molecular complexity index is 758. The maximum absolute atomic E-state index is 13.6. The van der Waals surface area contributed by atoms with Gasteiger partial charge in [0.2, 0.25) is 0 Å². The van der Waals surface area contributed by atoms with Crippen LogP contribution in [0.15, 0.2) is 18.2 Å². The van der Waals surface area contributed by atoms with Gasteiger partial charge in [0.25, 0.3) is 0 Å². The van der Waals surface area contributed by atoms with Gasteiger partial charge < -0.3 is 20.4 Å². The van der Waals surface area contributed by atoms with Gasteiger partial charge in [-0.25, -0.2) is 8.78 Å². The van der Waals surface area contributed by atoms with Gasteiger partial charge in [0.1, 0.15) is 17.7 Å². The molecule has 5 nitrogen and oxygen atoms in total. The molecule has 166 valence electrons. The van der Waals surface area contributed by atoms with Crippen LogP contribution in [0.2, 0.25) is 0 Å². The second-order valence-corrected chi connectivity index (χ2v) is 8.03. The quantitative estimate of drug-likeness (QED) is 0.342. The number of carboxylic acids is 1. The summed E-state index contributed by atoms with van der Waals surface area (Å²) >= 11 is 0. The summed E-state index contributed by atoms with van der Waals surface area (Å²) in [7, 11) is 0. The molecule has 0 aliphatic heterocycles. The van der Waals surface area contributed by atoms with E-state index in [0.717, 1.165) is 37.8 Å². The predicted molar refractivity (Wildman–Crippen MR) is 107 cm³/mol. The van der Waals surface area contributed by atoms with Gasteiger partial charge in [0, 0.05) is 12.5 Å². The summed E-state index contributed by atoms with van der Waals surface area (Å²) in [5.74, 6) is 2.56. The molecule has 4 N–H and O–H groups in total. The van der Waals surface area contributed by atoms with Crippen molar-refractivity contribution >= 4 is 5.97 Å². The van der Waals surface area contributed by atoms with E-state index in [1.54, 1.807) is 0 Å². The number of halogens is 2. The lowest BCUT2D eigenvalue weighted by molar-refractivity contribution is -0.137.